The number of nitrogens with zero attached hydrogens (tertiary/aromatic N) is 2. The van der Waals surface area contributed by atoms with Crippen molar-refractivity contribution in [3.8, 4) is 11.1 Å². The highest BCUT2D eigenvalue weighted by Crippen LogP contribution is 2.31. The molecule has 9 heteroatoms. The zero-order valence-corrected chi connectivity index (χ0v) is 16.4. The largest absolute Gasteiger partial charge is 0.361 e. The van der Waals surface area contributed by atoms with E-state index in [0.717, 1.165) is 37.2 Å². The molecule has 0 saturated heterocycles. The van der Waals surface area contributed by atoms with Gasteiger partial charge in [0, 0.05) is 15.6 Å². The predicted molar refractivity (Wildman–Crippen MR) is 100 cm³/mol. The van der Waals surface area contributed by atoms with Crippen LogP contribution in [0.25, 0.3) is 22.2 Å². The topological polar surface area (TPSA) is 115 Å². The number of halogens is 1. The highest BCUT2D eigenvalue weighted by Gasteiger charge is 2.19. The number of aromatic amines is 1. The van der Waals surface area contributed by atoms with Gasteiger partial charge in [0.2, 0.25) is 10.0 Å². The van der Waals surface area contributed by atoms with Crippen LogP contribution < -0.4 is 5.14 Å². The second kappa shape index (κ2) is 6.12. The SMILES string of the molecule is Cc1noc(C)c1-c1cc(I)c2nc(CC(C)S(N)(=O)=O)[nH]c2c1. The summed E-state index contributed by atoms with van der Waals surface area (Å²) in [6.07, 6.45) is 0.240. The molecule has 2 aromatic heterocycles. The van der Waals surface area contributed by atoms with E-state index < -0.39 is 15.3 Å². The Morgan fingerprint density at radius 3 is 2.67 bits per heavy atom. The van der Waals surface area contributed by atoms with Crippen molar-refractivity contribution in [2.75, 3.05) is 0 Å². The number of benzene rings is 1. The van der Waals surface area contributed by atoms with E-state index in [-0.39, 0.29) is 6.42 Å². The average molecular weight is 460 g/mol. The van der Waals surface area contributed by atoms with Gasteiger partial charge in [-0.05, 0) is 61.1 Å². The van der Waals surface area contributed by atoms with Crippen LogP contribution in [-0.2, 0) is 16.4 Å². The number of primary sulfonamides is 1. The van der Waals surface area contributed by atoms with Crippen molar-refractivity contribution >= 4 is 43.6 Å². The van der Waals surface area contributed by atoms with Crippen LogP contribution in [0.5, 0.6) is 0 Å². The van der Waals surface area contributed by atoms with Crippen molar-refractivity contribution in [3.05, 3.63) is 33.0 Å². The Kier molecular flexibility index (Phi) is 4.43. The minimum Gasteiger partial charge on any atom is -0.361 e. The Balaban J connectivity index is 2.06. The quantitative estimate of drug-likeness (QED) is 0.581. The highest BCUT2D eigenvalue weighted by atomic mass is 127. The third-order valence-corrected chi connectivity index (χ3v) is 6.06. The van der Waals surface area contributed by atoms with Crippen LogP contribution in [0.3, 0.4) is 0 Å². The van der Waals surface area contributed by atoms with Crippen LogP contribution in [0.2, 0.25) is 0 Å². The van der Waals surface area contributed by atoms with Crippen molar-refractivity contribution in [1.82, 2.24) is 15.1 Å². The van der Waals surface area contributed by atoms with Gasteiger partial charge in [0.05, 0.1) is 16.5 Å². The molecule has 3 rings (SSSR count). The lowest BCUT2D eigenvalue weighted by Crippen LogP contribution is -2.27. The Hall–Kier alpha value is -1.46. The number of sulfonamides is 1. The first kappa shape index (κ1) is 17.4. The average Bonchev–Trinajstić information content (AvgIpc) is 3.01. The molecule has 2 heterocycles. The molecule has 0 fully saturated rings. The van der Waals surface area contributed by atoms with Crippen LogP contribution in [0, 0.1) is 17.4 Å². The number of imidazole rings is 1. The number of nitrogens with one attached hydrogen (secondary N) is 1. The molecule has 1 unspecified atom stereocenters. The molecule has 0 radical (unpaired) electrons. The molecule has 3 aromatic rings. The van der Waals surface area contributed by atoms with Crippen molar-refractivity contribution < 1.29 is 12.9 Å². The fourth-order valence-electron chi connectivity index (χ4n) is 2.65. The van der Waals surface area contributed by atoms with Gasteiger partial charge in [0.15, 0.2) is 0 Å². The van der Waals surface area contributed by atoms with Gasteiger partial charge in [0.25, 0.3) is 0 Å². The summed E-state index contributed by atoms with van der Waals surface area (Å²) < 4.78 is 29.0. The third-order valence-electron chi connectivity index (χ3n) is 3.95. The molecule has 0 aliphatic rings. The summed E-state index contributed by atoms with van der Waals surface area (Å²) in [7, 11) is -3.59. The van der Waals surface area contributed by atoms with E-state index in [2.05, 4.69) is 37.7 Å². The standard InChI is InChI=1S/C15H17IN4O3S/c1-7(24(17,21)22)4-13-18-12-6-10(5-11(16)15(12)19-13)14-8(2)20-23-9(14)3/h5-7H,4H2,1-3H3,(H,18,19)(H2,17,21,22). The number of rotatable bonds is 4. The summed E-state index contributed by atoms with van der Waals surface area (Å²) in [5, 5.41) is 8.48. The first-order valence-corrected chi connectivity index (χ1v) is 9.98. The lowest BCUT2D eigenvalue weighted by Gasteiger charge is -2.05. The first-order chi connectivity index (χ1) is 11.2. The van der Waals surface area contributed by atoms with E-state index in [1.165, 1.54) is 0 Å². The fraction of sp³-hybridized carbons (Fsp3) is 0.333. The number of hydrogen-bond donors (Lipinski definition) is 2. The zero-order valence-electron chi connectivity index (χ0n) is 13.4. The Morgan fingerprint density at radius 1 is 1.38 bits per heavy atom. The van der Waals surface area contributed by atoms with E-state index in [4.69, 9.17) is 9.66 Å². The van der Waals surface area contributed by atoms with E-state index in [0.29, 0.717) is 5.82 Å². The Bertz CT molecular complexity index is 1000. The molecule has 0 saturated carbocycles. The summed E-state index contributed by atoms with van der Waals surface area (Å²) in [4.78, 5) is 7.70. The summed E-state index contributed by atoms with van der Waals surface area (Å²) in [6, 6.07) is 3.99. The van der Waals surface area contributed by atoms with Gasteiger partial charge in [-0.15, -0.1) is 0 Å². The van der Waals surface area contributed by atoms with Gasteiger partial charge in [-0.1, -0.05) is 5.16 Å². The summed E-state index contributed by atoms with van der Waals surface area (Å²) in [5.41, 5.74) is 4.42. The lowest BCUT2D eigenvalue weighted by molar-refractivity contribution is 0.393. The van der Waals surface area contributed by atoms with Gasteiger partial charge in [0.1, 0.15) is 17.1 Å². The molecule has 1 atom stereocenters. The molecule has 0 aliphatic carbocycles. The maximum Gasteiger partial charge on any atom is 0.212 e. The van der Waals surface area contributed by atoms with Gasteiger partial charge in [-0.3, -0.25) is 0 Å². The molecule has 128 valence electrons. The number of aryl methyl sites for hydroxylation is 2. The molecule has 0 spiro atoms. The van der Waals surface area contributed by atoms with Crippen LogP contribution >= 0.6 is 22.6 Å². The molecule has 0 aliphatic heterocycles. The number of nitrogens with two attached hydrogens (primary N) is 1. The van der Waals surface area contributed by atoms with Crippen LogP contribution in [-0.4, -0.2) is 28.8 Å². The molecule has 24 heavy (non-hydrogen) atoms. The molecule has 1 aromatic carbocycles. The number of hydrogen-bond acceptors (Lipinski definition) is 5. The van der Waals surface area contributed by atoms with Crippen molar-refractivity contribution in [2.24, 2.45) is 5.14 Å². The minimum absolute atomic E-state index is 0.240. The molecule has 7 nitrogen and oxygen atoms in total. The number of H-pyrrole nitrogens is 1. The normalized spacial score (nSPS) is 13.5. The van der Waals surface area contributed by atoms with Crippen LogP contribution in [0.4, 0.5) is 0 Å². The van der Waals surface area contributed by atoms with Gasteiger partial charge in [-0.2, -0.15) is 0 Å². The Labute approximate surface area is 153 Å². The maximum absolute atomic E-state index is 11.4. The first-order valence-electron chi connectivity index (χ1n) is 7.30. The van der Waals surface area contributed by atoms with Crippen molar-refractivity contribution in [1.29, 1.82) is 0 Å². The molecule has 3 N–H and O–H groups in total. The molecular weight excluding hydrogens is 443 g/mol. The Morgan fingerprint density at radius 2 is 2.08 bits per heavy atom. The van der Waals surface area contributed by atoms with E-state index >= 15 is 0 Å². The molecular formula is C15H17IN4O3S. The van der Waals surface area contributed by atoms with Crippen molar-refractivity contribution in [2.45, 2.75) is 32.4 Å². The second-order valence-corrected chi connectivity index (χ2v) is 8.99. The van der Waals surface area contributed by atoms with E-state index in [1.807, 2.05) is 26.0 Å². The lowest BCUT2D eigenvalue weighted by atomic mass is 10.0. The minimum atomic E-state index is -3.59. The third kappa shape index (κ3) is 3.20. The van der Waals surface area contributed by atoms with E-state index in [1.54, 1.807) is 6.92 Å². The van der Waals surface area contributed by atoms with Crippen molar-refractivity contribution in [3.63, 3.8) is 0 Å². The zero-order chi connectivity index (χ0) is 17.6. The van der Waals surface area contributed by atoms with Crippen LogP contribution in [0.15, 0.2) is 16.7 Å². The van der Waals surface area contributed by atoms with Crippen LogP contribution in [0.1, 0.15) is 24.2 Å². The smallest absolute Gasteiger partial charge is 0.212 e. The second-order valence-electron chi connectivity index (χ2n) is 5.84. The van der Waals surface area contributed by atoms with E-state index in [9.17, 15) is 8.42 Å². The molecule has 0 bridgehead atoms. The van der Waals surface area contributed by atoms with Gasteiger partial charge in [-0.25, -0.2) is 18.5 Å². The molecule has 0 amide bonds. The maximum atomic E-state index is 11.4. The number of aromatic nitrogens is 3. The predicted octanol–water partition coefficient (Wildman–Crippen LogP) is 2.66. The summed E-state index contributed by atoms with van der Waals surface area (Å²) in [6.45, 7) is 5.34. The highest BCUT2D eigenvalue weighted by molar-refractivity contribution is 14.1. The summed E-state index contributed by atoms with van der Waals surface area (Å²) in [5.74, 6) is 1.35. The van der Waals surface area contributed by atoms with Gasteiger partial charge < -0.3 is 9.51 Å². The summed E-state index contributed by atoms with van der Waals surface area (Å²) >= 11 is 2.22. The monoisotopic (exact) mass is 460 g/mol. The fourth-order valence-corrected chi connectivity index (χ4v) is 3.79. The number of fused-ring (bicyclic) bond motifs is 1. The van der Waals surface area contributed by atoms with Gasteiger partial charge >= 0.3 is 0 Å².